The van der Waals surface area contributed by atoms with E-state index < -0.39 is 5.91 Å². The van der Waals surface area contributed by atoms with E-state index in [9.17, 15) is 9.59 Å². The van der Waals surface area contributed by atoms with E-state index in [1.54, 1.807) is 27.8 Å². The van der Waals surface area contributed by atoms with Gasteiger partial charge in [-0.2, -0.15) is 10.2 Å². The predicted molar refractivity (Wildman–Crippen MR) is 101 cm³/mol. The van der Waals surface area contributed by atoms with E-state index in [1.165, 1.54) is 6.08 Å². The molecule has 27 heavy (non-hydrogen) atoms. The normalized spacial score (nSPS) is 10.9. The van der Waals surface area contributed by atoms with Crippen LogP contribution in [0.25, 0.3) is 11.8 Å². The summed E-state index contributed by atoms with van der Waals surface area (Å²) in [7, 11) is 0. The molecule has 8 heteroatoms. The number of nitrogens with one attached hydrogen (secondary N) is 2. The van der Waals surface area contributed by atoms with Gasteiger partial charge in [0.1, 0.15) is 6.54 Å². The summed E-state index contributed by atoms with van der Waals surface area (Å²) < 4.78 is 3.29. The molecule has 0 aliphatic rings. The fourth-order valence-corrected chi connectivity index (χ4v) is 2.50. The molecule has 2 amide bonds. The second-order valence-corrected chi connectivity index (χ2v) is 6.01. The number of hydrogen-bond acceptors (Lipinski definition) is 4. The van der Waals surface area contributed by atoms with Gasteiger partial charge in [-0.25, -0.2) is 4.68 Å². The van der Waals surface area contributed by atoms with Gasteiger partial charge in [-0.1, -0.05) is 18.2 Å². The third kappa shape index (κ3) is 4.91. The first-order valence-corrected chi connectivity index (χ1v) is 8.39. The third-order valence-corrected chi connectivity index (χ3v) is 3.77. The van der Waals surface area contributed by atoms with Gasteiger partial charge in [0.25, 0.3) is 11.8 Å². The Labute approximate surface area is 156 Å². The lowest BCUT2D eigenvalue weighted by Gasteiger charge is -2.06. The molecule has 2 N–H and O–H groups in total. The van der Waals surface area contributed by atoms with Gasteiger partial charge in [0.15, 0.2) is 0 Å². The number of para-hydroxylation sites is 1. The standard InChI is InChI=1S/C19H20N6O2/c1-14-10-15(2)24(23-14)13-19(27)22-21-18(26)9-8-16-11-20-25(12-16)17-6-4-3-5-7-17/h3-12H,13H2,1-2H3,(H,21,26)(H,22,27)/b9-8+. The van der Waals surface area contributed by atoms with Crippen LogP contribution in [-0.2, 0) is 16.1 Å². The van der Waals surface area contributed by atoms with Crippen molar-refractivity contribution in [2.24, 2.45) is 0 Å². The van der Waals surface area contributed by atoms with Crippen molar-refractivity contribution in [3.8, 4) is 5.69 Å². The summed E-state index contributed by atoms with van der Waals surface area (Å²) in [5.74, 6) is -0.802. The van der Waals surface area contributed by atoms with E-state index in [-0.39, 0.29) is 12.5 Å². The highest BCUT2D eigenvalue weighted by Gasteiger charge is 2.07. The Hall–Kier alpha value is -3.68. The molecule has 1 aromatic carbocycles. The smallest absolute Gasteiger partial charge is 0.262 e. The molecular weight excluding hydrogens is 344 g/mol. The van der Waals surface area contributed by atoms with Crippen LogP contribution >= 0.6 is 0 Å². The van der Waals surface area contributed by atoms with Crippen molar-refractivity contribution in [1.29, 1.82) is 0 Å². The van der Waals surface area contributed by atoms with E-state index in [4.69, 9.17) is 0 Å². The van der Waals surface area contributed by atoms with E-state index >= 15 is 0 Å². The molecule has 3 aromatic rings. The topological polar surface area (TPSA) is 93.8 Å². The lowest BCUT2D eigenvalue weighted by atomic mass is 10.3. The zero-order chi connectivity index (χ0) is 19.2. The maximum absolute atomic E-state index is 11.9. The summed E-state index contributed by atoms with van der Waals surface area (Å²) in [6, 6.07) is 11.5. The first-order chi connectivity index (χ1) is 13.0. The van der Waals surface area contributed by atoms with Crippen molar-refractivity contribution in [3.63, 3.8) is 0 Å². The number of hydrogen-bond donors (Lipinski definition) is 2. The average Bonchev–Trinajstić information content (AvgIpc) is 3.25. The van der Waals surface area contributed by atoms with Crippen LogP contribution in [0.5, 0.6) is 0 Å². The Morgan fingerprint density at radius 3 is 2.63 bits per heavy atom. The molecule has 0 fully saturated rings. The monoisotopic (exact) mass is 364 g/mol. The zero-order valence-electron chi connectivity index (χ0n) is 15.1. The number of nitrogens with zero attached hydrogens (tertiary/aromatic N) is 4. The van der Waals surface area contributed by atoms with Crippen LogP contribution in [0.3, 0.4) is 0 Å². The minimum atomic E-state index is -0.441. The molecular formula is C19H20N6O2. The molecule has 0 spiro atoms. The van der Waals surface area contributed by atoms with Crippen molar-refractivity contribution in [2.75, 3.05) is 0 Å². The van der Waals surface area contributed by atoms with Crippen molar-refractivity contribution in [3.05, 3.63) is 71.8 Å². The molecule has 3 rings (SSSR count). The summed E-state index contributed by atoms with van der Waals surface area (Å²) in [6.45, 7) is 3.76. The lowest BCUT2D eigenvalue weighted by Crippen LogP contribution is -2.42. The van der Waals surface area contributed by atoms with E-state index in [0.717, 1.165) is 22.6 Å². The highest BCUT2D eigenvalue weighted by Crippen LogP contribution is 2.08. The molecule has 0 unspecified atom stereocenters. The molecule has 0 radical (unpaired) electrons. The van der Waals surface area contributed by atoms with Crippen molar-refractivity contribution >= 4 is 17.9 Å². The van der Waals surface area contributed by atoms with E-state index in [2.05, 4.69) is 21.0 Å². The fourth-order valence-electron chi connectivity index (χ4n) is 2.50. The number of carbonyl (C=O) groups is 2. The number of rotatable bonds is 5. The second-order valence-electron chi connectivity index (χ2n) is 6.01. The van der Waals surface area contributed by atoms with Crippen LogP contribution in [0, 0.1) is 13.8 Å². The zero-order valence-corrected chi connectivity index (χ0v) is 15.1. The minimum Gasteiger partial charge on any atom is -0.271 e. The molecule has 2 aromatic heterocycles. The molecule has 0 bridgehead atoms. The van der Waals surface area contributed by atoms with Gasteiger partial charge in [0.2, 0.25) is 0 Å². The van der Waals surface area contributed by atoms with Crippen LogP contribution in [0.15, 0.2) is 54.9 Å². The van der Waals surface area contributed by atoms with Crippen LogP contribution in [0.2, 0.25) is 0 Å². The van der Waals surface area contributed by atoms with Crippen LogP contribution in [0.4, 0.5) is 0 Å². The molecule has 0 saturated heterocycles. The summed E-state index contributed by atoms with van der Waals surface area (Å²) in [5.41, 5.74) is 8.12. The quantitative estimate of drug-likeness (QED) is 0.530. The van der Waals surface area contributed by atoms with E-state index in [1.807, 2.05) is 50.2 Å². The Kier molecular flexibility index (Phi) is 5.46. The number of carbonyl (C=O) groups excluding carboxylic acids is 2. The van der Waals surface area contributed by atoms with Gasteiger partial charge in [0.05, 0.1) is 17.6 Å². The third-order valence-electron chi connectivity index (χ3n) is 3.77. The highest BCUT2D eigenvalue weighted by atomic mass is 16.2. The van der Waals surface area contributed by atoms with Crippen LogP contribution in [0.1, 0.15) is 17.0 Å². The van der Waals surface area contributed by atoms with Gasteiger partial charge in [-0.3, -0.25) is 25.1 Å². The van der Waals surface area contributed by atoms with Gasteiger partial charge in [-0.15, -0.1) is 0 Å². The maximum Gasteiger partial charge on any atom is 0.262 e. The largest absolute Gasteiger partial charge is 0.271 e. The number of benzene rings is 1. The Bertz CT molecular complexity index is 971. The lowest BCUT2D eigenvalue weighted by molar-refractivity contribution is -0.127. The summed E-state index contributed by atoms with van der Waals surface area (Å²) in [5, 5.41) is 8.45. The van der Waals surface area contributed by atoms with Crippen molar-refractivity contribution < 1.29 is 9.59 Å². The summed E-state index contributed by atoms with van der Waals surface area (Å²) in [6.07, 6.45) is 6.41. The highest BCUT2D eigenvalue weighted by molar-refractivity contribution is 5.93. The average molecular weight is 364 g/mol. The molecule has 138 valence electrons. The molecule has 0 aliphatic heterocycles. The second kappa shape index (κ2) is 8.13. The predicted octanol–water partition coefficient (Wildman–Crippen LogP) is 1.55. The van der Waals surface area contributed by atoms with Crippen molar-refractivity contribution in [2.45, 2.75) is 20.4 Å². The molecule has 0 atom stereocenters. The number of hydrazine groups is 1. The van der Waals surface area contributed by atoms with E-state index in [0.29, 0.717) is 0 Å². The van der Waals surface area contributed by atoms with Crippen molar-refractivity contribution in [1.82, 2.24) is 30.4 Å². The number of aromatic nitrogens is 4. The first kappa shape index (κ1) is 18.1. The Morgan fingerprint density at radius 1 is 1.15 bits per heavy atom. The van der Waals surface area contributed by atoms with Gasteiger partial charge < -0.3 is 0 Å². The summed E-state index contributed by atoms with van der Waals surface area (Å²) in [4.78, 5) is 23.7. The minimum absolute atomic E-state index is 0.0352. The molecule has 2 heterocycles. The van der Waals surface area contributed by atoms with Crippen LogP contribution < -0.4 is 10.9 Å². The van der Waals surface area contributed by atoms with Crippen LogP contribution in [-0.4, -0.2) is 31.4 Å². The SMILES string of the molecule is Cc1cc(C)n(CC(=O)NNC(=O)/C=C/c2cnn(-c3ccccc3)c2)n1. The number of amides is 2. The maximum atomic E-state index is 11.9. The summed E-state index contributed by atoms with van der Waals surface area (Å²) >= 11 is 0. The van der Waals surface area contributed by atoms with Gasteiger partial charge in [0, 0.05) is 23.5 Å². The van der Waals surface area contributed by atoms with Gasteiger partial charge >= 0.3 is 0 Å². The molecule has 0 aliphatic carbocycles. The molecule has 8 nitrogen and oxygen atoms in total. The first-order valence-electron chi connectivity index (χ1n) is 8.39. The molecule has 0 saturated carbocycles. The van der Waals surface area contributed by atoms with Gasteiger partial charge in [-0.05, 0) is 38.1 Å². The Balaban J connectivity index is 1.50. The Morgan fingerprint density at radius 2 is 1.93 bits per heavy atom. The fraction of sp³-hybridized carbons (Fsp3) is 0.158. The number of aryl methyl sites for hydroxylation is 2.